The summed E-state index contributed by atoms with van der Waals surface area (Å²) in [5.41, 5.74) is 2.41. The first-order chi connectivity index (χ1) is 9.33. The molecule has 2 aromatic rings. The number of halogens is 1. The number of nitrogens with one attached hydrogen (secondary N) is 1. The molecular formula is C14H16BrN3S. The van der Waals surface area contributed by atoms with Gasteiger partial charge in [-0.3, -0.25) is 0 Å². The fourth-order valence-corrected chi connectivity index (χ4v) is 4.06. The molecule has 0 spiro atoms. The SMILES string of the molecule is Brc1ccc2c(c1)nc(C1CSCCN1)n2C1CC1. The number of hydrogen-bond donors (Lipinski definition) is 1. The molecule has 1 aromatic carbocycles. The molecule has 1 saturated heterocycles. The summed E-state index contributed by atoms with van der Waals surface area (Å²) in [6.07, 6.45) is 2.60. The van der Waals surface area contributed by atoms with Gasteiger partial charge in [0, 0.05) is 28.6 Å². The minimum atomic E-state index is 0.408. The van der Waals surface area contributed by atoms with E-state index in [-0.39, 0.29) is 0 Å². The number of imidazole rings is 1. The van der Waals surface area contributed by atoms with E-state index < -0.39 is 0 Å². The van der Waals surface area contributed by atoms with Crippen molar-refractivity contribution in [2.45, 2.75) is 24.9 Å². The van der Waals surface area contributed by atoms with Crippen LogP contribution < -0.4 is 5.32 Å². The van der Waals surface area contributed by atoms with Crippen molar-refractivity contribution in [3.05, 3.63) is 28.5 Å². The van der Waals surface area contributed by atoms with Crippen LogP contribution in [0.3, 0.4) is 0 Å². The van der Waals surface area contributed by atoms with Crippen molar-refractivity contribution in [2.24, 2.45) is 0 Å². The van der Waals surface area contributed by atoms with Crippen molar-refractivity contribution in [2.75, 3.05) is 18.1 Å². The molecule has 3 nitrogen and oxygen atoms in total. The number of thioether (sulfide) groups is 1. The predicted molar refractivity (Wildman–Crippen MR) is 83.8 cm³/mol. The van der Waals surface area contributed by atoms with E-state index in [1.54, 1.807) is 0 Å². The minimum absolute atomic E-state index is 0.408. The van der Waals surface area contributed by atoms with Crippen LogP contribution in [-0.2, 0) is 0 Å². The Morgan fingerprint density at radius 1 is 1.37 bits per heavy atom. The molecule has 0 amide bonds. The second kappa shape index (κ2) is 4.79. The highest BCUT2D eigenvalue weighted by Gasteiger charge is 2.31. The van der Waals surface area contributed by atoms with Gasteiger partial charge < -0.3 is 9.88 Å². The summed E-state index contributed by atoms with van der Waals surface area (Å²) in [6, 6.07) is 7.54. The highest BCUT2D eigenvalue weighted by molar-refractivity contribution is 9.10. The third kappa shape index (κ3) is 2.22. The number of benzene rings is 1. The summed E-state index contributed by atoms with van der Waals surface area (Å²) in [4.78, 5) is 4.92. The minimum Gasteiger partial charge on any atom is -0.324 e. The average Bonchev–Trinajstić information content (AvgIpc) is 3.20. The molecule has 1 saturated carbocycles. The van der Waals surface area contributed by atoms with E-state index in [0.717, 1.165) is 22.3 Å². The van der Waals surface area contributed by atoms with E-state index in [9.17, 15) is 0 Å². The van der Waals surface area contributed by atoms with Gasteiger partial charge in [-0.25, -0.2) is 4.98 Å². The third-order valence-electron chi connectivity index (χ3n) is 3.82. The summed E-state index contributed by atoms with van der Waals surface area (Å²) in [6.45, 7) is 1.09. The molecule has 1 unspecified atom stereocenters. The summed E-state index contributed by atoms with van der Waals surface area (Å²) < 4.78 is 3.59. The van der Waals surface area contributed by atoms with Crippen molar-refractivity contribution < 1.29 is 0 Å². The lowest BCUT2D eigenvalue weighted by molar-refractivity contribution is 0.532. The first-order valence-corrected chi connectivity index (χ1v) is 8.76. The molecule has 1 aliphatic heterocycles. The molecule has 0 radical (unpaired) electrons. The Kier molecular flexibility index (Phi) is 3.09. The largest absolute Gasteiger partial charge is 0.324 e. The van der Waals surface area contributed by atoms with Gasteiger partial charge in [-0.05, 0) is 31.0 Å². The van der Waals surface area contributed by atoms with E-state index in [4.69, 9.17) is 4.98 Å². The zero-order valence-electron chi connectivity index (χ0n) is 10.6. The molecular weight excluding hydrogens is 322 g/mol. The smallest absolute Gasteiger partial charge is 0.128 e. The Morgan fingerprint density at radius 2 is 2.26 bits per heavy atom. The van der Waals surface area contributed by atoms with Gasteiger partial charge in [0.25, 0.3) is 0 Å². The maximum absolute atomic E-state index is 4.92. The van der Waals surface area contributed by atoms with Crippen LogP contribution in [-0.4, -0.2) is 27.6 Å². The molecule has 2 heterocycles. The Labute approximate surface area is 125 Å². The second-order valence-corrected chi connectivity index (χ2v) is 7.35. The van der Waals surface area contributed by atoms with Crippen LogP contribution in [0.1, 0.15) is 30.7 Å². The summed E-state index contributed by atoms with van der Waals surface area (Å²) in [5, 5.41) is 3.62. The normalized spacial score (nSPS) is 23.9. The van der Waals surface area contributed by atoms with Crippen LogP contribution in [0.5, 0.6) is 0 Å². The number of hydrogen-bond acceptors (Lipinski definition) is 3. The molecule has 2 aliphatic rings. The molecule has 1 N–H and O–H groups in total. The van der Waals surface area contributed by atoms with Gasteiger partial charge >= 0.3 is 0 Å². The Bertz CT molecular complexity index is 614. The van der Waals surface area contributed by atoms with E-state index in [0.29, 0.717) is 12.1 Å². The maximum atomic E-state index is 4.92. The highest BCUT2D eigenvalue weighted by atomic mass is 79.9. The molecule has 2 fully saturated rings. The van der Waals surface area contributed by atoms with Crippen molar-refractivity contribution in [3.8, 4) is 0 Å². The lowest BCUT2D eigenvalue weighted by Crippen LogP contribution is -2.32. The van der Waals surface area contributed by atoms with Gasteiger partial charge in [-0.1, -0.05) is 15.9 Å². The van der Waals surface area contributed by atoms with E-state index in [2.05, 4.69) is 44.0 Å². The summed E-state index contributed by atoms with van der Waals surface area (Å²) in [7, 11) is 0. The Morgan fingerprint density at radius 3 is 3.00 bits per heavy atom. The molecule has 1 aliphatic carbocycles. The molecule has 100 valence electrons. The van der Waals surface area contributed by atoms with Crippen LogP contribution in [0.4, 0.5) is 0 Å². The van der Waals surface area contributed by atoms with Gasteiger partial charge in [-0.15, -0.1) is 0 Å². The number of aromatic nitrogens is 2. The molecule has 0 bridgehead atoms. The van der Waals surface area contributed by atoms with E-state index in [1.807, 2.05) is 11.8 Å². The van der Waals surface area contributed by atoms with Gasteiger partial charge in [0.1, 0.15) is 5.82 Å². The van der Waals surface area contributed by atoms with Crippen LogP contribution in [0.2, 0.25) is 0 Å². The molecule has 1 aromatic heterocycles. The highest BCUT2D eigenvalue weighted by Crippen LogP contribution is 2.41. The lowest BCUT2D eigenvalue weighted by atomic mass is 10.3. The van der Waals surface area contributed by atoms with Gasteiger partial charge in [0.05, 0.1) is 17.1 Å². The van der Waals surface area contributed by atoms with Gasteiger partial charge in [-0.2, -0.15) is 11.8 Å². The monoisotopic (exact) mass is 337 g/mol. The average molecular weight is 338 g/mol. The Hall–Kier alpha value is -0.520. The number of fused-ring (bicyclic) bond motifs is 1. The zero-order chi connectivity index (χ0) is 12.8. The van der Waals surface area contributed by atoms with Crippen LogP contribution >= 0.6 is 27.7 Å². The third-order valence-corrected chi connectivity index (χ3v) is 5.38. The van der Waals surface area contributed by atoms with Crippen molar-refractivity contribution in [1.82, 2.24) is 14.9 Å². The van der Waals surface area contributed by atoms with Crippen LogP contribution in [0, 0.1) is 0 Å². The lowest BCUT2D eigenvalue weighted by Gasteiger charge is -2.23. The second-order valence-electron chi connectivity index (χ2n) is 5.29. The first-order valence-electron chi connectivity index (χ1n) is 6.81. The van der Waals surface area contributed by atoms with Crippen molar-refractivity contribution in [1.29, 1.82) is 0 Å². The fraction of sp³-hybridized carbons (Fsp3) is 0.500. The van der Waals surface area contributed by atoms with Gasteiger partial charge in [0.15, 0.2) is 0 Å². The van der Waals surface area contributed by atoms with E-state index >= 15 is 0 Å². The number of rotatable bonds is 2. The van der Waals surface area contributed by atoms with Gasteiger partial charge in [0.2, 0.25) is 0 Å². The quantitative estimate of drug-likeness (QED) is 0.909. The van der Waals surface area contributed by atoms with Crippen molar-refractivity contribution in [3.63, 3.8) is 0 Å². The summed E-state index contributed by atoms with van der Waals surface area (Å²) in [5.74, 6) is 3.59. The standard InChI is InChI=1S/C14H16BrN3S/c15-9-1-4-13-11(7-9)17-14(18(13)10-2-3-10)12-8-19-6-5-16-12/h1,4,7,10,12,16H,2-3,5-6,8H2. The molecule has 4 rings (SSSR count). The first kappa shape index (κ1) is 12.2. The predicted octanol–water partition coefficient (Wildman–Crippen LogP) is 3.51. The molecule has 1 atom stereocenters. The van der Waals surface area contributed by atoms with Crippen LogP contribution in [0.25, 0.3) is 11.0 Å². The number of nitrogens with zero attached hydrogens (tertiary/aromatic N) is 2. The molecule has 19 heavy (non-hydrogen) atoms. The topological polar surface area (TPSA) is 29.9 Å². The fourth-order valence-electron chi connectivity index (χ4n) is 2.78. The zero-order valence-corrected chi connectivity index (χ0v) is 13.0. The Balaban J connectivity index is 1.85. The summed E-state index contributed by atoms with van der Waals surface area (Å²) >= 11 is 5.57. The molecule has 5 heteroatoms. The van der Waals surface area contributed by atoms with Crippen molar-refractivity contribution >= 4 is 38.7 Å². The van der Waals surface area contributed by atoms with Crippen LogP contribution in [0.15, 0.2) is 22.7 Å². The maximum Gasteiger partial charge on any atom is 0.128 e. The van der Waals surface area contributed by atoms with E-state index in [1.165, 1.54) is 29.9 Å².